The van der Waals surface area contributed by atoms with Gasteiger partial charge in [-0.05, 0) is 20.3 Å². The molecule has 0 aliphatic carbocycles. The monoisotopic (exact) mass is 322 g/mol. The van der Waals surface area contributed by atoms with Gasteiger partial charge in [0.05, 0.1) is 17.6 Å². The van der Waals surface area contributed by atoms with Gasteiger partial charge >= 0.3 is 7.67 Å². The Labute approximate surface area is 118 Å². The summed E-state index contributed by atoms with van der Waals surface area (Å²) in [7, 11) is -3.14. The molecule has 3 unspecified atom stereocenters. The van der Waals surface area contributed by atoms with E-state index in [1.54, 1.807) is 18.5 Å². The van der Waals surface area contributed by atoms with E-state index in [2.05, 4.69) is 0 Å². The van der Waals surface area contributed by atoms with E-state index in [1.165, 1.54) is 4.67 Å². The lowest BCUT2D eigenvalue weighted by molar-refractivity contribution is 0.162. The van der Waals surface area contributed by atoms with Crippen LogP contribution in [0.25, 0.3) is 0 Å². The predicted octanol–water partition coefficient (Wildman–Crippen LogP) is 3.53. The molecule has 1 rings (SSSR count). The Morgan fingerprint density at radius 2 is 2.00 bits per heavy atom. The van der Waals surface area contributed by atoms with Gasteiger partial charge in [0, 0.05) is 19.0 Å². The van der Waals surface area contributed by atoms with Gasteiger partial charge in [-0.3, -0.25) is 4.57 Å². The Balaban J connectivity index is 2.97. The number of rotatable bonds is 5. The second-order valence-corrected chi connectivity index (χ2v) is 7.76. The van der Waals surface area contributed by atoms with Crippen molar-refractivity contribution in [3.05, 3.63) is 0 Å². The topological polar surface area (TPSA) is 32.8 Å². The van der Waals surface area contributed by atoms with E-state index in [0.29, 0.717) is 25.6 Å². The van der Waals surface area contributed by atoms with Gasteiger partial charge in [-0.1, -0.05) is 0 Å². The molecular weight excluding hydrogens is 305 g/mol. The summed E-state index contributed by atoms with van der Waals surface area (Å²) in [6, 6.07) is 0. The maximum Gasteiger partial charge on any atom is 0.348 e. The predicted molar refractivity (Wildman–Crippen MR) is 72.9 cm³/mol. The van der Waals surface area contributed by atoms with E-state index in [0.717, 1.165) is 6.42 Å². The Kier molecular flexibility index (Phi) is 6.55. The molecule has 8 heteroatoms. The Bertz CT molecular complexity index is 281. The van der Waals surface area contributed by atoms with Crippen molar-refractivity contribution in [1.29, 1.82) is 0 Å². The molecule has 3 atom stereocenters. The third-order valence-corrected chi connectivity index (χ3v) is 6.31. The van der Waals surface area contributed by atoms with Crippen LogP contribution in [0.5, 0.6) is 0 Å². The van der Waals surface area contributed by atoms with Crippen LogP contribution in [0.4, 0.5) is 0 Å². The molecule has 1 aliphatic rings. The van der Waals surface area contributed by atoms with Crippen molar-refractivity contribution in [2.24, 2.45) is 0 Å². The lowest BCUT2D eigenvalue weighted by Gasteiger charge is -2.42. The third-order valence-electron chi connectivity index (χ3n) is 2.54. The van der Waals surface area contributed by atoms with Crippen LogP contribution in [0.1, 0.15) is 20.3 Å². The minimum absolute atomic E-state index is 0.397. The number of halogens is 3. The highest BCUT2D eigenvalue weighted by Gasteiger charge is 2.44. The highest BCUT2D eigenvalue weighted by atomic mass is 35.5. The molecule has 0 N–H and O–H groups in total. The first-order valence-electron chi connectivity index (χ1n) is 5.56. The van der Waals surface area contributed by atoms with Crippen LogP contribution < -0.4 is 0 Å². The van der Waals surface area contributed by atoms with Crippen LogP contribution in [-0.2, 0) is 9.09 Å². The Morgan fingerprint density at radius 1 is 1.41 bits per heavy atom. The van der Waals surface area contributed by atoms with E-state index in [-0.39, 0.29) is 0 Å². The summed E-state index contributed by atoms with van der Waals surface area (Å²) in [6.45, 7) is 5.11. The largest absolute Gasteiger partial charge is 0.348 e. The molecule has 1 heterocycles. The third kappa shape index (κ3) is 3.73. The van der Waals surface area contributed by atoms with Gasteiger partial charge in [-0.15, -0.1) is 34.8 Å². The van der Waals surface area contributed by atoms with E-state index in [9.17, 15) is 4.57 Å². The van der Waals surface area contributed by atoms with Crippen molar-refractivity contribution in [1.82, 2.24) is 9.34 Å². The normalized spacial score (nSPS) is 30.5. The fourth-order valence-electron chi connectivity index (χ4n) is 1.87. The molecule has 4 nitrogen and oxygen atoms in total. The first-order chi connectivity index (χ1) is 7.93. The highest BCUT2D eigenvalue weighted by Crippen LogP contribution is 2.59. The minimum Gasteiger partial charge on any atom is -0.306 e. The number of alkyl halides is 3. The quantitative estimate of drug-likeness (QED) is 0.440. The van der Waals surface area contributed by atoms with E-state index < -0.39 is 18.7 Å². The molecule has 0 aromatic heterocycles. The molecule has 1 fully saturated rings. The van der Waals surface area contributed by atoms with Crippen LogP contribution in [0, 0.1) is 0 Å². The second kappa shape index (κ2) is 6.95. The fraction of sp³-hybridized carbons (Fsp3) is 1.00. The van der Waals surface area contributed by atoms with Crippen molar-refractivity contribution < 1.29 is 9.09 Å². The zero-order valence-electron chi connectivity index (χ0n) is 9.98. The standard InChI is InChI=1S/C9H18Cl3N2O2P/c1-8(11)14(9(2)12)17(15)13(6-4-10)5-3-7-16-17/h8-9H,3-7H2,1-2H3. The molecule has 0 amide bonds. The maximum atomic E-state index is 12.9. The van der Waals surface area contributed by atoms with Gasteiger partial charge in [0.1, 0.15) is 0 Å². The first kappa shape index (κ1) is 16.0. The molecule has 0 radical (unpaired) electrons. The van der Waals surface area contributed by atoms with Crippen LogP contribution >= 0.6 is 42.5 Å². The minimum atomic E-state index is -3.14. The molecule has 0 aromatic rings. The van der Waals surface area contributed by atoms with Crippen LogP contribution in [-0.4, -0.2) is 45.9 Å². The molecule has 0 spiro atoms. The van der Waals surface area contributed by atoms with Gasteiger partial charge in [0.2, 0.25) is 0 Å². The van der Waals surface area contributed by atoms with Gasteiger partial charge in [0.15, 0.2) is 0 Å². The molecule has 102 valence electrons. The lowest BCUT2D eigenvalue weighted by Crippen LogP contribution is -2.42. The smallest absolute Gasteiger partial charge is 0.306 e. The van der Waals surface area contributed by atoms with Gasteiger partial charge in [-0.25, -0.2) is 4.67 Å². The lowest BCUT2D eigenvalue weighted by atomic mass is 10.4. The number of hydrogen-bond donors (Lipinski definition) is 0. The zero-order valence-corrected chi connectivity index (χ0v) is 13.1. The maximum absolute atomic E-state index is 12.9. The van der Waals surface area contributed by atoms with E-state index in [1.807, 2.05) is 0 Å². The second-order valence-electron chi connectivity index (χ2n) is 3.85. The molecule has 0 saturated carbocycles. The molecule has 0 aromatic carbocycles. The summed E-state index contributed by atoms with van der Waals surface area (Å²) in [5.74, 6) is 0.397. The van der Waals surface area contributed by atoms with Gasteiger partial charge in [-0.2, -0.15) is 4.67 Å². The van der Waals surface area contributed by atoms with Crippen LogP contribution in [0.3, 0.4) is 0 Å². The van der Waals surface area contributed by atoms with Crippen molar-refractivity contribution in [3.63, 3.8) is 0 Å². The van der Waals surface area contributed by atoms with E-state index >= 15 is 0 Å². The summed E-state index contributed by atoms with van der Waals surface area (Å²) in [6.07, 6.45) is 0.835. The van der Waals surface area contributed by atoms with Crippen molar-refractivity contribution >= 4 is 42.5 Å². The average Bonchev–Trinajstić information content (AvgIpc) is 2.20. The zero-order chi connectivity index (χ0) is 13.1. The van der Waals surface area contributed by atoms with E-state index in [4.69, 9.17) is 39.3 Å². The van der Waals surface area contributed by atoms with Crippen molar-refractivity contribution in [3.8, 4) is 0 Å². The fourth-order valence-corrected chi connectivity index (χ4v) is 5.76. The van der Waals surface area contributed by atoms with Crippen LogP contribution in [0.2, 0.25) is 0 Å². The SMILES string of the molecule is CC(Cl)N(C(C)Cl)P1(=O)OCCCN1CCCl. The highest BCUT2D eigenvalue weighted by molar-refractivity contribution is 7.54. The summed E-state index contributed by atoms with van der Waals surface area (Å²) in [4.78, 5) is 0. The Hall–Kier alpha value is 0.980. The van der Waals surface area contributed by atoms with Crippen molar-refractivity contribution in [2.45, 2.75) is 31.3 Å². The first-order valence-corrected chi connectivity index (χ1v) is 8.50. The Morgan fingerprint density at radius 3 is 2.47 bits per heavy atom. The summed E-state index contributed by atoms with van der Waals surface area (Å²) in [5.41, 5.74) is -0.937. The number of nitrogens with zero attached hydrogens (tertiary/aromatic N) is 2. The van der Waals surface area contributed by atoms with Gasteiger partial charge in [0.25, 0.3) is 0 Å². The molecule has 0 bridgehead atoms. The molecule has 1 aliphatic heterocycles. The summed E-state index contributed by atoms with van der Waals surface area (Å²) >= 11 is 17.8. The molecule has 1 saturated heterocycles. The number of hydrogen-bond acceptors (Lipinski definition) is 2. The van der Waals surface area contributed by atoms with Crippen LogP contribution in [0.15, 0.2) is 0 Å². The summed E-state index contributed by atoms with van der Waals surface area (Å²) < 4.78 is 21.7. The molecular formula is C9H18Cl3N2O2P. The summed E-state index contributed by atoms with van der Waals surface area (Å²) in [5, 5.41) is 0. The van der Waals surface area contributed by atoms with Crippen molar-refractivity contribution in [2.75, 3.05) is 25.6 Å². The molecule has 17 heavy (non-hydrogen) atoms. The average molecular weight is 324 g/mol. The van der Waals surface area contributed by atoms with Gasteiger partial charge < -0.3 is 4.52 Å².